The Balaban J connectivity index is 2.20. The molecule has 1 heterocycles. The number of carbonyl (C=O) groups is 2. The van der Waals surface area contributed by atoms with E-state index in [2.05, 4.69) is 4.98 Å². The van der Waals surface area contributed by atoms with Crippen LogP contribution in [-0.2, 0) is 14.3 Å². The van der Waals surface area contributed by atoms with Crippen molar-refractivity contribution in [2.45, 2.75) is 13.0 Å². The minimum absolute atomic E-state index is 0.184. The summed E-state index contributed by atoms with van der Waals surface area (Å²) in [5, 5.41) is 9.27. The van der Waals surface area contributed by atoms with E-state index in [1.54, 1.807) is 19.1 Å². The van der Waals surface area contributed by atoms with Gasteiger partial charge in [0.2, 0.25) is 0 Å². The molecule has 2 aromatic rings. The van der Waals surface area contributed by atoms with Crippen LogP contribution in [0.5, 0.6) is 11.5 Å². The SMILES string of the molecule is COC[C@@H](C)OC(=O)/C(C#N)=C/c1ccc(OC(=O)c2ccncc2)c(OC)c1. The van der Waals surface area contributed by atoms with E-state index in [1.807, 2.05) is 6.07 Å². The number of aromatic nitrogens is 1. The quantitative estimate of drug-likeness (QED) is 0.290. The van der Waals surface area contributed by atoms with Crippen molar-refractivity contribution in [3.8, 4) is 17.6 Å². The molecule has 29 heavy (non-hydrogen) atoms. The number of carbonyl (C=O) groups excluding carboxylic acids is 2. The normalized spacial score (nSPS) is 11.9. The monoisotopic (exact) mass is 396 g/mol. The zero-order valence-electron chi connectivity index (χ0n) is 16.2. The van der Waals surface area contributed by atoms with E-state index in [9.17, 15) is 14.9 Å². The van der Waals surface area contributed by atoms with Crippen LogP contribution in [0.3, 0.4) is 0 Å². The Hall–Kier alpha value is -3.70. The summed E-state index contributed by atoms with van der Waals surface area (Å²) in [6.45, 7) is 1.88. The zero-order chi connectivity index (χ0) is 21.2. The maximum atomic E-state index is 12.2. The van der Waals surface area contributed by atoms with Crippen molar-refractivity contribution in [1.82, 2.24) is 4.98 Å². The molecule has 0 N–H and O–H groups in total. The fourth-order valence-electron chi connectivity index (χ4n) is 2.32. The van der Waals surface area contributed by atoms with E-state index in [4.69, 9.17) is 18.9 Å². The predicted octanol–water partition coefficient (Wildman–Crippen LogP) is 2.79. The van der Waals surface area contributed by atoms with Gasteiger partial charge < -0.3 is 18.9 Å². The Labute approximate surface area is 168 Å². The van der Waals surface area contributed by atoms with Crippen molar-refractivity contribution >= 4 is 18.0 Å². The van der Waals surface area contributed by atoms with Gasteiger partial charge in [0.15, 0.2) is 11.5 Å². The van der Waals surface area contributed by atoms with Crippen LogP contribution >= 0.6 is 0 Å². The van der Waals surface area contributed by atoms with Crippen molar-refractivity contribution in [3.05, 3.63) is 59.4 Å². The second-order valence-corrected chi connectivity index (χ2v) is 5.88. The summed E-state index contributed by atoms with van der Waals surface area (Å²) in [5.74, 6) is -0.868. The lowest BCUT2D eigenvalue weighted by Crippen LogP contribution is -2.20. The van der Waals surface area contributed by atoms with Crippen LogP contribution in [0.2, 0.25) is 0 Å². The maximum Gasteiger partial charge on any atom is 0.349 e. The fraction of sp³-hybridized carbons (Fsp3) is 0.238. The second-order valence-electron chi connectivity index (χ2n) is 5.88. The molecule has 0 bridgehead atoms. The third-order valence-electron chi connectivity index (χ3n) is 3.67. The van der Waals surface area contributed by atoms with Crippen LogP contribution in [0, 0.1) is 11.3 Å². The standard InChI is InChI=1S/C21H20N2O6/c1-14(13-26-2)28-21(25)17(12-22)10-15-4-5-18(19(11-15)27-3)29-20(24)16-6-8-23-9-7-16/h4-11,14H,13H2,1-3H3/b17-10+/t14-/m1/s1. The molecule has 8 heteroatoms. The third-order valence-corrected chi connectivity index (χ3v) is 3.67. The van der Waals surface area contributed by atoms with Crippen molar-refractivity contribution in [3.63, 3.8) is 0 Å². The molecule has 0 radical (unpaired) electrons. The van der Waals surface area contributed by atoms with Crippen LogP contribution in [0.4, 0.5) is 0 Å². The molecule has 0 saturated carbocycles. The molecule has 0 amide bonds. The minimum Gasteiger partial charge on any atom is -0.493 e. The molecule has 1 aromatic heterocycles. The Morgan fingerprint density at radius 1 is 1.17 bits per heavy atom. The summed E-state index contributed by atoms with van der Waals surface area (Å²) in [6.07, 6.45) is 3.84. The molecule has 8 nitrogen and oxygen atoms in total. The van der Waals surface area contributed by atoms with Crippen molar-refractivity contribution in [2.24, 2.45) is 0 Å². The third kappa shape index (κ3) is 6.16. The molecule has 0 aliphatic heterocycles. The van der Waals surface area contributed by atoms with Gasteiger partial charge in [0, 0.05) is 19.5 Å². The van der Waals surface area contributed by atoms with Gasteiger partial charge in [0.1, 0.15) is 17.7 Å². The van der Waals surface area contributed by atoms with Gasteiger partial charge in [-0.05, 0) is 42.8 Å². The number of rotatable bonds is 8. The summed E-state index contributed by atoms with van der Waals surface area (Å²) in [6, 6.07) is 9.51. The molecular formula is C21H20N2O6. The number of methoxy groups -OCH3 is 2. The van der Waals surface area contributed by atoms with Gasteiger partial charge >= 0.3 is 11.9 Å². The predicted molar refractivity (Wildman–Crippen MR) is 103 cm³/mol. The molecule has 2 rings (SSSR count). The molecule has 150 valence electrons. The number of hydrogen-bond acceptors (Lipinski definition) is 8. The van der Waals surface area contributed by atoms with E-state index in [1.165, 1.54) is 50.9 Å². The number of ether oxygens (including phenoxy) is 4. The highest BCUT2D eigenvalue weighted by Crippen LogP contribution is 2.29. The van der Waals surface area contributed by atoms with Gasteiger partial charge in [-0.1, -0.05) is 6.07 Å². The highest BCUT2D eigenvalue weighted by molar-refractivity contribution is 5.98. The number of esters is 2. The number of pyridine rings is 1. The summed E-state index contributed by atoms with van der Waals surface area (Å²) in [5.41, 5.74) is 0.653. The molecular weight excluding hydrogens is 376 g/mol. The van der Waals surface area contributed by atoms with Gasteiger partial charge in [-0.15, -0.1) is 0 Å². The zero-order valence-corrected chi connectivity index (χ0v) is 16.2. The first-order chi connectivity index (χ1) is 14.0. The second kappa shape index (κ2) is 10.6. The Morgan fingerprint density at radius 3 is 2.52 bits per heavy atom. The molecule has 0 aliphatic rings. The highest BCUT2D eigenvalue weighted by Gasteiger charge is 2.16. The first-order valence-electron chi connectivity index (χ1n) is 8.60. The molecule has 0 spiro atoms. The van der Waals surface area contributed by atoms with Gasteiger partial charge in [-0.2, -0.15) is 5.26 Å². The Bertz CT molecular complexity index is 934. The average molecular weight is 396 g/mol. The van der Waals surface area contributed by atoms with Crippen molar-refractivity contribution < 1.29 is 28.5 Å². The topological polar surface area (TPSA) is 108 Å². The number of hydrogen-bond donors (Lipinski definition) is 0. The summed E-state index contributed by atoms with van der Waals surface area (Å²) < 4.78 is 20.7. The van der Waals surface area contributed by atoms with E-state index in [-0.39, 0.29) is 23.7 Å². The largest absolute Gasteiger partial charge is 0.493 e. The number of benzene rings is 1. The summed E-state index contributed by atoms with van der Waals surface area (Å²) >= 11 is 0. The minimum atomic E-state index is -0.760. The summed E-state index contributed by atoms with van der Waals surface area (Å²) in [4.78, 5) is 28.2. The van der Waals surface area contributed by atoms with E-state index in [0.717, 1.165) is 0 Å². The Kier molecular flexibility index (Phi) is 7.88. The summed E-state index contributed by atoms with van der Waals surface area (Å²) in [7, 11) is 2.90. The molecule has 1 atom stereocenters. The maximum absolute atomic E-state index is 12.2. The van der Waals surface area contributed by atoms with Gasteiger partial charge in [-0.25, -0.2) is 9.59 Å². The molecule has 0 aliphatic carbocycles. The first kappa shape index (κ1) is 21.6. The van der Waals surface area contributed by atoms with E-state index in [0.29, 0.717) is 11.1 Å². The molecule has 0 saturated heterocycles. The average Bonchev–Trinajstić information content (AvgIpc) is 2.73. The fourth-order valence-corrected chi connectivity index (χ4v) is 2.32. The smallest absolute Gasteiger partial charge is 0.349 e. The lowest BCUT2D eigenvalue weighted by Gasteiger charge is -2.12. The Morgan fingerprint density at radius 2 is 1.90 bits per heavy atom. The van der Waals surface area contributed by atoms with Crippen LogP contribution in [-0.4, -0.2) is 43.9 Å². The van der Waals surface area contributed by atoms with Crippen LogP contribution in [0.15, 0.2) is 48.3 Å². The van der Waals surface area contributed by atoms with Crippen LogP contribution < -0.4 is 9.47 Å². The highest BCUT2D eigenvalue weighted by atomic mass is 16.6. The van der Waals surface area contributed by atoms with Gasteiger partial charge in [0.05, 0.1) is 19.3 Å². The van der Waals surface area contributed by atoms with E-state index < -0.39 is 18.0 Å². The number of nitrogens with zero attached hydrogens (tertiary/aromatic N) is 2. The molecule has 0 unspecified atom stereocenters. The lowest BCUT2D eigenvalue weighted by atomic mass is 10.1. The van der Waals surface area contributed by atoms with Crippen molar-refractivity contribution in [1.29, 1.82) is 5.26 Å². The van der Waals surface area contributed by atoms with Gasteiger partial charge in [0.25, 0.3) is 0 Å². The van der Waals surface area contributed by atoms with Crippen LogP contribution in [0.25, 0.3) is 6.08 Å². The van der Waals surface area contributed by atoms with Crippen LogP contribution in [0.1, 0.15) is 22.8 Å². The van der Waals surface area contributed by atoms with Crippen molar-refractivity contribution in [2.75, 3.05) is 20.8 Å². The first-order valence-corrected chi connectivity index (χ1v) is 8.60. The van der Waals surface area contributed by atoms with Gasteiger partial charge in [-0.3, -0.25) is 4.98 Å². The number of nitriles is 1. The lowest BCUT2D eigenvalue weighted by molar-refractivity contribution is -0.145. The van der Waals surface area contributed by atoms with E-state index >= 15 is 0 Å². The molecule has 1 aromatic carbocycles. The molecule has 0 fully saturated rings.